The van der Waals surface area contributed by atoms with Crippen molar-refractivity contribution in [1.29, 1.82) is 0 Å². The number of rotatable bonds is 5. The van der Waals surface area contributed by atoms with Gasteiger partial charge in [-0.2, -0.15) is 5.10 Å². The molecular formula is C14H26N4. The van der Waals surface area contributed by atoms with Gasteiger partial charge in [0.15, 0.2) is 0 Å². The number of aryl methyl sites for hydroxylation is 1. The minimum atomic E-state index is 0.810. The molecule has 0 unspecified atom stereocenters. The average Bonchev–Trinajstić information content (AvgIpc) is 2.71. The van der Waals surface area contributed by atoms with Gasteiger partial charge in [0.05, 0.1) is 6.20 Å². The van der Waals surface area contributed by atoms with Crippen LogP contribution in [-0.2, 0) is 13.1 Å². The van der Waals surface area contributed by atoms with E-state index >= 15 is 0 Å². The molecule has 1 aromatic heterocycles. The molecule has 4 nitrogen and oxygen atoms in total. The SMILES string of the molecule is CCn1ncc(CN(C)C[C@@H]2CCCNC2)c1C. The van der Waals surface area contributed by atoms with Gasteiger partial charge < -0.3 is 10.2 Å². The molecule has 1 N–H and O–H groups in total. The van der Waals surface area contributed by atoms with Gasteiger partial charge in [-0.1, -0.05) is 0 Å². The first-order chi connectivity index (χ1) is 8.70. The van der Waals surface area contributed by atoms with Crippen LogP contribution in [0.1, 0.15) is 31.0 Å². The summed E-state index contributed by atoms with van der Waals surface area (Å²) in [5, 5.41) is 7.90. The van der Waals surface area contributed by atoms with Gasteiger partial charge in [0, 0.05) is 30.9 Å². The Hall–Kier alpha value is -0.870. The smallest absolute Gasteiger partial charge is 0.0537 e. The Kier molecular flexibility index (Phi) is 4.78. The van der Waals surface area contributed by atoms with E-state index in [2.05, 4.69) is 40.9 Å². The molecule has 0 saturated carbocycles. The van der Waals surface area contributed by atoms with Gasteiger partial charge in [-0.3, -0.25) is 4.68 Å². The highest BCUT2D eigenvalue weighted by molar-refractivity contribution is 5.15. The summed E-state index contributed by atoms with van der Waals surface area (Å²) in [5.74, 6) is 0.810. The van der Waals surface area contributed by atoms with Crippen LogP contribution in [0.15, 0.2) is 6.20 Å². The Morgan fingerprint density at radius 1 is 1.56 bits per heavy atom. The van der Waals surface area contributed by atoms with Crippen LogP contribution >= 0.6 is 0 Å². The molecule has 0 aliphatic carbocycles. The maximum atomic E-state index is 4.41. The highest BCUT2D eigenvalue weighted by Gasteiger charge is 2.16. The Labute approximate surface area is 110 Å². The van der Waals surface area contributed by atoms with Crippen LogP contribution in [0.3, 0.4) is 0 Å². The van der Waals surface area contributed by atoms with Crippen LogP contribution < -0.4 is 5.32 Å². The van der Waals surface area contributed by atoms with Gasteiger partial charge in [-0.05, 0) is 52.7 Å². The molecule has 1 aliphatic rings. The van der Waals surface area contributed by atoms with E-state index in [0.29, 0.717) is 0 Å². The summed E-state index contributed by atoms with van der Waals surface area (Å²) in [6, 6.07) is 0. The van der Waals surface area contributed by atoms with Gasteiger partial charge in [0.1, 0.15) is 0 Å². The molecule has 0 amide bonds. The van der Waals surface area contributed by atoms with Gasteiger partial charge in [-0.25, -0.2) is 0 Å². The first-order valence-electron chi connectivity index (χ1n) is 7.11. The minimum Gasteiger partial charge on any atom is -0.316 e. The number of hydrogen-bond donors (Lipinski definition) is 1. The quantitative estimate of drug-likeness (QED) is 0.862. The molecule has 0 spiro atoms. The van der Waals surface area contributed by atoms with E-state index in [9.17, 15) is 0 Å². The molecule has 1 atom stereocenters. The van der Waals surface area contributed by atoms with Crippen LogP contribution in [0.4, 0.5) is 0 Å². The standard InChI is InChI=1S/C14H26N4/c1-4-18-12(2)14(9-16-18)11-17(3)10-13-6-5-7-15-8-13/h9,13,15H,4-8,10-11H2,1-3H3/t13-/m1/s1. The van der Waals surface area contributed by atoms with Crippen LogP contribution in [0.2, 0.25) is 0 Å². The third-order valence-electron chi connectivity index (χ3n) is 3.91. The van der Waals surface area contributed by atoms with Gasteiger partial charge in [0.25, 0.3) is 0 Å². The third-order valence-corrected chi connectivity index (χ3v) is 3.91. The normalized spacial score (nSPS) is 20.6. The Bertz CT molecular complexity index is 366. The first kappa shape index (κ1) is 13.6. The second kappa shape index (κ2) is 6.34. The van der Waals surface area contributed by atoms with Crippen molar-refractivity contribution in [2.75, 3.05) is 26.7 Å². The van der Waals surface area contributed by atoms with Crippen molar-refractivity contribution in [3.8, 4) is 0 Å². The zero-order chi connectivity index (χ0) is 13.0. The van der Waals surface area contributed by atoms with Crippen molar-refractivity contribution in [2.24, 2.45) is 5.92 Å². The lowest BCUT2D eigenvalue weighted by Crippen LogP contribution is -2.36. The molecule has 2 heterocycles. The van der Waals surface area contributed by atoms with Crippen LogP contribution in [0, 0.1) is 12.8 Å². The summed E-state index contributed by atoms with van der Waals surface area (Å²) in [6.45, 7) is 9.84. The van der Waals surface area contributed by atoms with Crippen molar-refractivity contribution < 1.29 is 0 Å². The van der Waals surface area contributed by atoms with E-state index in [1.165, 1.54) is 43.7 Å². The van der Waals surface area contributed by atoms with Crippen LogP contribution in [0.5, 0.6) is 0 Å². The van der Waals surface area contributed by atoms with E-state index < -0.39 is 0 Å². The predicted octanol–water partition coefficient (Wildman–Crippen LogP) is 1.64. The molecule has 0 radical (unpaired) electrons. The molecule has 0 bridgehead atoms. The van der Waals surface area contributed by atoms with Crippen LogP contribution in [-0.4, -0.2) is 41.4 Å². The van der Waals surface area contributed by atoms with Gasteiger partial charge in [0.2, 0.25) is 0 Å². The Balaban J connectivity index is 1.85. The second-order valence-electron chi connectivity index (χ2n) is 5.48. The molecule has 1 fully saturated rings. The summed E-state index contributed by atoms with van der Waals surface area (Å²) < 4.78 is 2.07. The van der Waals surface area contributed by atoms with Crippen molar-refractivity contribution in [3.63, 3.8) is 0 Å². The summed E-state index contributed by atoms with van der Waals surface area (Å²) in [5.41, 5.74) is 2.68. The number of nitrogens with one attached hydrogen (secondary N) is 1. The van der Waals surface area contributed by atoms with E-state index in [0.717, 1.165) is 19.0 Å². The number of hydrogen-bond acceptors (Lipinski definition) is 3. The lowest BCUT2D eigenvalue weighted by molar-refractivity contribution is 0.237. The maximum absolute atomic E-state index is 4.41. The number of aromatic nitrogens is 2. The predicted molar refractivity (Wildman–Crippen MR) is 74.6 cm³/mol. The van der Waals surface area contributed by atoms with E-state index in [1.807, 2.05) is 6.20 Å². The lowest BCUT2D eigenvalue weighted by atomic mass is 9.99. The largest absolute Gasteiger partial charge is 0.316 e. The molecule has 102 valence electrons. The fourth-order valence-corrected chi connectivity index (χ4v) is 2.84. The molecule has 2 rings (SSSR count). The molecule has 1 aliphatic heterocycles. The molecular weight excluding hydrogens is 224 g/mol. The summed E-state index contributed by atoms with van der Waals surface area (Å²) in [7, 11) is 2.22. The molecule has 4 heteroatoms. The molecule has 0 aromatic carbocycles. The zero-order valence-electron chi connectivity index (χ0n) is 11.9. The van der Waals surface area contributed by atoms with E-state index in [1.54, 1.807) is 0 Å². The summed E-state index contributed by atoms with van der Waals surface area (Å²) in [4.78, 5) is 2.43. The lowest BCUT2D eigenvalue weighted by Gasteiger charge is -2.27. The Morgan fingerprint density at radius 3 is 3.00 bits per heavy atom. The van der Waals surface area contributed by atoms with E-state index in [-0.39, 0.29) is 0 Å². The van der Waals surface area contributed by atoms with E-state index in [4.69, 9.17) is 0 Å². The first-order valence-corrected chi connectivity index (χ1v) is 7.11. The van der Waals surface area contributed by atoms with Gasteiger partial charge >= 0.3 is 0 Å². The average molecular weight is 250 g/mol. The van der Waals surface area contributed by atoms with Crippen molar-refractivity contribution in [2.45, 2.75) is 39.8 Å². The highest BCUT2D eigenvalue weighted by Crippen LogP contribution is 2.14. The zero-order valence-corrected chi connectivity index (χ0v) is 11.9. The topological polar surface area (TPSA) is 33.1 Å². The van der Waals surface area contributed by atoms with Crippen molar-refractivity contribution in [3.05, 3.63) is 17.5 Å². The Morgan fingerprint density at radius 2 is 2.39 bits per heavy atom. The second-order valence-corrected chi connectivity index (χ2v) is 5.48. The fraction of sp³-hybridized carbons (Fsp3) is 0.786. The third kappa shape index (κ3) is 3.33. The summed E-state index contributed by atoms with van der Waals surface area (Å²) >= 11 is 0. The highest BCUT2D eigenvalue weighted by atomic mass is 15.3. The molecule has 18 heavy (non-hydrogen) atoms. The van der Waals surface area contributed by atoms with Crippen molar-refractivity contribution >= 4 is 0 Å². The minimum absolute atomic E-state index is 0.810. The monoisotopic (exact) mass is 250 g/mol. The molecule has 1 aromatic rings. The molecule has 1 saturated heterocycles. The number of piperidine rings is 1. The maximum Gasteiger partial charge on any atom is 0.0537 e. The summed E-state index contributed by atoms with van der Waals surface area (Å²) in [6.07, 6.45) is 4.71. The van der Waals surface area contributed by atoms with Gasteiger partial charge in [-0.15, -0.1) is 0 Å². The number of nitrogens with zero attached hydrogens (tertiary/aromatic N) is 3. The fourth-order valence-electron chi connectivity index (χ4n) is 2.84. The van der Waals surface area contributed by atoms with Crippen LogP contribution in [0.25, 0.3) is 0 Å². The van der Waals surface area contributed by atoms with Crippen molar-refractivity contribution in [1.82, 2.24) is 20.0 Å².